The Morgan fingerprint density at radius 1 is 0.906 bits per heavy atom. The van der Waals surface area contributed by atoms with Gasteiger partial charge in [-0.25, -0.2) is 4.79 Å². The second-order valence-corrected chi connectivity index (χ2v) is 7.53. The van der Waals surface area contributed by atoms with Crippen molar-refractivity contribution in [2.24, 2.45) is 0 Å². The van der Waals surface area contributed by atoms with Crippen molar-refractivity contribution < 1.29 is 19.0 Å². The van der Waals surface area contributed by atoms with E-state index in [0.717, 1.165) is 42.0 Å². The van der Waals surface area contributed by atoms with Crippen LogP contribution in [-0.2, 0) is 16.0 Å². The van der Waals surface area contributed by atoms with E-state index < -0.39 is 0 Å². The van der Waals surface area contributed by atoms with Crippen LogP contribution in [0.25, 0.3) is 0 Å². The molecular formula is C27H31NO4. The summed E-state index contributed by atoms with van der Waals surface area (Å²) in [5, 5.41) is 3.36. The second-order valence-electron chi connectivity index (χ2n) is 7.53. The number of ether oxygens (including phenoxy) is 3. The topological polar surface area (TPSA) is 56.8 Å². The minimum absolute atomic E-state index is 0.122. The molecule has 0 bridgehead atoms. The van der Waals surface area contributed by atoms with Gasteiger partial charge in [0.25, 0.3) is 0 Å². The van der Waals surface area contributed by atoms with Crippen molar-refractivity contribution in [3.8, 4) is 11.5 Å². The summed E-state index contributed by atoms with van der Waals surface area (Å²) in [6, 6.07) is 24.1. The van der Waals surface area contributed by atoms with Gasteiger partial charge in [0.1, 0.15) is 11.5 Å². The van der Waals surface area contributed by atoms with Crippen LogP contribution in [0.5, 0.6) is 11.5 Å². The van der Waals surface area contributed by atoms with E-state index in [9.17, 15) is 4.79 Å². The molecule has 0 fully saturated rings. The molecule has 5 heteroatoms. The van der Waals surface area contributed by atoms with E-state index in [2.05, 4.69) is 29.6 Å². The van der Waals surface area contributed by atoms with Crippen LogP contribution in [0.15, 0.2) is 72.8 Å². The van der Waals surface area contributed by atoms with Gasteiger partial charge in [0.2, 0.25) is 0 Å². The Hall–Kier alpha value is -3.47. The number of benzene rings is 3. The molecule has 0 aliphatic rings. The Morgan fingerprint density at radius 2 is 1.69 bits per heavy atom. The molecule has 0 amide bonds. The van der Waals surface area contributed by atoms with Gasteiger partial charge in [-0.2, -0.15) is 0 Å². The van der Waals surface area contributed by atoms with Crippen molar-refractivity contribution in [1.29, 1.82) is 0 Å². The van der Waals surface area contributed by atoms with E-state index in [1.165, 1.54) is 5.56 Å². The summed E-state index contributed by atoms with van der Waals surface area (Å²) in [5.41, 5.74) is 4.16. The Morgan fingerprint density at radius 3 is 2.44 bits per heavy atom. The SMILES string of the molecule is CCOC(=O)COc1ccc(C)cc1Nc1ccc(OCCCCc2ccccc2)cc1. The lowest BCUT2D eigenvalue weighted by Crippen LogP contribution is -2.15. The van der Waals surface area contributed by atoms with Crippen molar-refractivity contribution in [3.63, 3.8) is 0 Å². The predicted molar refractivity (Wildman–Crippen MR) is 128 cm³/mol. The van der Waals surface area contributed by atoms with Crippen LogP contribution in [0, 0.1) is 6.92 Å². The zero-order chi connectivity index (χ0) is 22.6. The zero-order valence-corrected chi connectivity index (χ0v) is 18.8. The highest BCUT2D eigenvalue weighted by Crippen LogP contribution is 2.29. The molecule has 0 aromatic heterocycles. The minimum Gasteiger partial charge on any atom is -0.494 e. The van der Waals surface area contributed by atoms with E-state index in [-0.39, 0.29) is 12.6 Å². The number of aryl methyl sites for hydroxylation is 2. The first-order valence-corrected chi connectivity index (χ1v) is 11.1. The first-order valence-electron chi connectivity index (χ1n) is 11.1. The summed E-state index contributed by atoms with van der Waals surface area (Å²) in [4.78, 5) is 11.6. The highest BCUT2D eigenvalue weighted by Gasteiger charge is 2.09. The Balaban J connectivity index is 1.48. The number of hydrogen-bond donors (Lipinski definition) is 1. The number of anilines is 2. The van der Waals surface area contributed by atoms with Gasteiger partial charge >= 0.3 is 5.97 Å². The molecule has 0 unspecified atom stereocenters. The van der Waals surface area contributed by atoms with E-state index in [0.29, 0.717) is 19.0 Å². The normalized spacial score (nSPS) is 10.4. The van der Waals surface area contributed by atoms with Crippen LogP contribution >= 0.6 is 0 Å². The van der Waals surface area contributed by atoms with Gasteiger partial charge in [0, 0.05) is 5.69 Å². The number of hydrogen-bond acceptors (Lipinski definition) is 5. The fourth-order valence-electron chi connectivity index (χ4n) is 3.26. The quantitative estimate of drug-likeness (QED) is 0.277. The van der Waals surface area contributed by atoms with Gasteiger partial charge in [-0.05, 0) is 80.6 Å². The first-order chi connectivity index (χ1) is 15.6. The summed E-state index contributed by atoms with van der Waals surface area (Å²) in [7, 11) is 0. The number of esters is 1. The zero-order valence-electron chi connectivity index (χ0n) is 18.8. The third-order valence-corrected chi connectivity index (χ3v) is 4.89. The fraction of sp³-hybridized carbons (Fsp3) is 0.296. The Bertz CT molecular complexity index is 971. The molecule has 0 aliphatic carbocycles. The van der Waals surface area contributed by atoms with Crippen molar-refractivity contribution >= 4 is 17.3 Å². The molecule has 0 atom stereocenters. The molecule has 0 radical (unpaired) electrons. The van der Waals surface area contributed by atoms with Gasteiger partial charge in [0.15, 0.2) is 6.61 Å². The van der Waals surface area contributed by atoms with Crippen LogP contribution in [0.3, 0.4) is 0 Å². The second kappa shape index (κ2) is 12.4. The lowest BCUT2D eigenvalue weighted by Gasteiger charge is -2.14. The monoisotopic (exact) mass is 433 g/mol. The number of unbranched alkanes of at least 4 members (excludes halogenated alkanes) is 1. The molecule has 3 aromatic carbocycles. The summed E-state index contributed by atoms with van der Waals surface area (Å²) in [6.07, 6.45) is 3.19. The molecule has 3 rings (SSSR count). The van der Waals surface area contributed by atoms with E-state index in [1.54, 1.807) is 6.92 Å². The summed E-state index contributed by atoms with van der Waals surface area (Å²) < 4.78 is 16.5. The van der Waals surface area contributed by atoms with Crippen LogP contribution < -0.4 is 14.8 Å². The number of carbonyl (C=O) groups is 1. The minimum atomic E-state index is -0.385. The molecule has 0 aliphatic heterocycles. The maximum Gasteiger partial charge on any atom is 0.344 e. The maximum atomic E-state index is 11.6. The van der Waals surface area contributed by atoms with Gasteiger partial charge in [-0.3, -0.25) is 0 Å². The van der Waals surface area contributed by atoms with E-state index in [4.69, 9.17) is 14.2 Å². The van der Waals surface area contributed by atoms with Crippen molar-refractivity contribution in [2.75, 3.05) is 25.1 Å². The third kappa shape index (κ3) is 7.65. The number of rotatable bonds is 12. The molecule has 5 nitrogen and oxygen atoms in total. The van der Waals surface area contributed by atoms with Crippen LogP contribution in [0.2, 0.25) is 0 Å². The Labute approximate surface area is 190 Å². The fourth-order valence-corrected chi connectivity index (χ4v) is 3.26. The highest BCUT2D eigenvalue weighted by atomic mass is 16.6. The van der Waals surface area contributed by atoms with Gasteiger partial charge in [-0.15, -0.1) is 0 Å². The summed E-state index contributed by atoms with van der Waals surface area (Å²) in [5.74, 6) is 1.06. The summed E-state index contributed by atoms with van der Waals surface area (Å²) in [6.45, 7) is 4.69. The van der Waals surface area contributed by atoms with Crippen molar-refractivity contribution in [1.82, 2.24) is 0 Å². The van der Waals surface area contributed by atoms with Gasteiger partial charge in [0.05, 0.1) is 18.9 Å². The lowest BCUT2D eigenvalue weighted by molar-refractivity contribution is -0.145. The van der Waals surface area contributed by atoms with Gasteiger partial charge in [-0.1, -0.05) is 36.4 Å². The van der Waals surface area contributed by atoms with Gasteiger partial charge < -0.3 is 19.5 Å². The van der Waals surface area contributed by atoms with E-state index in [1.807, 2.05) is 55.5 Å². The molecule has 3 aromatic rings. The van der Waals surface area contributed by atoms with E-state index >= 15 is 0 Å². The molecule has 168 valence electrons. The molecule has 32 heavy (non-hydrogen) atoms. The number of carbonyl (C=O) groups excluding carboxylic acids is 1. The molecule has 0 heterocycles. The van der Waals surface area contributed by atoms with Crippen LogP contribution in [-0.4, -0.2) is 25.8 Å². The first kappa shape index (κ1) is 23.2. The molecule has 1 N–H and O–H groups in total. The average molecular weight is 434 g/mol. The van der Waals surface area contributed by atoms with Crippen molar-refractivity contribution in [2.45, 2.75) is 33.1 Å². The molecular weight excluding hydrogens is 402 g/mol. The van der Waals surface area contributed by atoms with Crippen molar-refractivity contribution in [3.05, 3.63) is 83.9 Å². The lowest BCUT2D eigenvalue weighted by atomic mass is 10.1. The standard InChI is InChI=1S/C27H31NO4/c1-3-30-27(29)20-32-26-17-12-21(2)19-25(26)28-23-13-15-24(16-14-23)31-18-8-7-11-22-9-5-4-6-10-22/h4-6,9-10,12-17,19,28H,3,7-8,11,18,20H2,1-2H3. The predicted octanol–water partition coefficient (Wildman–Crippen LogP) is 6.08. The maximum absolute atomic E-state index is 11.6. The number of nitrogens with one attached hydrogen (secondary N) is 1. The summed E-state index contributed by atoms with van der Waals surface area (Å²) >= 11 is 0. The molecule has 0 spiro atoms. The molecule has 0 saturated heterocycles. The van der Waals surface area contributed by atoms with Crippen LogP contribution in [0.4, 0.5) is 11.4 Å². The molecule has 0 saturated carbocycles. The van der Waals surface area contributed by atoms with Crippen LogP contribution in [0.1, 0.15) is 30.9 Å². The Kier molecular flexibility index (Phi) is 8.99. The largest absolute Gasteiger partial charge is 0.494 e. The third-order valence-electron chi connectivity index (χ3n) is 4.89. The average Bonchev–Trinajstić information content (AvgIpc) is 2.80. The highest BCUT2D eigenvalue weighted by molar-refractivity contribution is 5.72. The smallest absolute Gasteiger partial charge is 0.344 e.